The van der Waals surface area contributed by atoms with Crippen LogP contribution in [0.4, 0.5) is 5.69 Å². The van der Waals surface area contributed by atoms with Crippen molar-refractivity contribution in [3.8, 4) is 0 Å². The maximum atomic E-state index is 12.0. The fourth-order valence-corrected chi connectivity index (χ4v) is 2.14. The van der Waals surface area contributed by atoms with E-state index >= 15 is 0 Å². The predicted molar refractivity (Wildman–Crippen MR) is 76.7 cm³/mol. The van der Waals surface area contributed by atoms with Crippen molar-refractivity contribution in [2.24, 2.45) is 7.05 Å². The van der Waals surface area contributed by atoms with E-state index in [9.17, 15) is 4.79 Å². The minimum Gasteiger partial charge on any atom is -0.324 e. The molecule has 0 aliphatic rings. The Morgan fingerprint density at radius 1 is 1.42 bits per heavy atom. The molecule has 0 saturated carbocycles. The van der Waals surface area contributed by atoms with E-state index in [0.717, 1.165) is 11.4 Å². The number of rotatable bonds is 3. The van der Waals surface area contributed by atoms with Gasteiger partial charge in [-0.25, -0.2) is 0 Å². The fourth-order valence-electron chi connectivity index (χ4n) is 1.79. The molecule has 0 atom stereocenters. The second-order valence-electron chi connectivity index (χ2n) is 4.23. The van der Waals surface area contributed by atoms with E-state index < -0.39 is 0 Å². The molecule has 0 radical (unpaired) electrons. The zero-order chi connectivity index (χ0) is 14.0. The monoisotopic (exact) mass is 297 g/mol. The van der Waals surface area contributed by atoms with Crippen LogP contribution in [0.25, 0.3) is 0 Å². The number of aryl methyl sites for hydroxylation is 2. The summed E-state index contributed by atoms with van der Waals surface area (Å²) < 4.78 is 1.69. The maximum absolute atomic E-state index is 12.0. The molecule has 0 unspecified atom stereocenters. The number of hydrogen-bond acceptors (Lipinski definition) is 2. The smallest absolute Gasteiger partial charge is 0.230 e. The molecule has 1 aromatic heterocycles. The number of halogens is 2. The lowest BCUT2D eigenvalue weighted by molar-refractivity contribution is -0.115. The molecule has 2 aromatic rings. The Morgan fingerprint density at radius 3 is 2.79 bits per heavy atom. The van der Waals surface area contributed by atoms with Crippen LogP contribution in [-0.4, -0.2) is 15.7 Å². The van der Waals surface area contributed by atoms with E-state index in [1.807, 2.05) is 20.0 Å². The van der Waals surface area contributed by atoms with Gasteiger partial charge in [0, 0.05) is 12.7 Å². The number of carbonyl (C=O) groups is 1. The Morgan fingerprint density at radius 2 is 2.16 bits per heavy atom. The maximum Gasteiger partial charge on any atom is 0.230 e. The van der Waals surface area contributed by atoms with E-state index in [-0.39, 0.29) is 12.3 Å². The van der Waals surface area contributed by atoms with Crippen molar-refractivity contribution in [3.63, 3.8) is 0 Å². The summed E-state index contributed by atoms with van der Waals surface area (Å²) in [7, 11) is 1.81. The van der Waals surface area contributed by atoms with Crippen molar-refractivity contribution < 1.29 is 4.79 Å². The molecule has 0 aliphatic heterocycles. The van der Waals surface area contributed by atoms with E-state index in [1.165, 1.54) is 0 Å². The molecule has 0 aliphatic carbocycles. The van der Waals surface area contributed by atoms with Crippen LogP contribution in [0.1, 0.15) is 11.4 Å². The number of carbonyl (C=O) groups excluding carboxylic acids is 1. The Kier molecular flexibility index (Phi) is 4.12. The summed E-state index contributed by atoms with van der Waals surface area (Å²) in [6.45, 7) is 1.88. The van der Waals surface area contributed by atoms with Crippen molar-refractivity contribution in [3.05, 3.63) is 45.7 Å². The average Bonchev–Trinajstić information content (AvgIpc) is 2.64. The van der Waals surface area contributed by atoms with E-state index in [2.05, 4.69) is 10.4 Å². The molecule has 1 heterocycles. The summed E-state index contributed by atoms with van der Waals surface area (Å²) in [6.07, 6.45) is 0.236. The van der Waals surface area contributed by atoms with Crippen LogP contribution in [0.3, 0.4) is 0 Å². The van der Waals surface area contributed by atoms with Gasteiger partial charge >= 0.3 is 0 Å². The molecule has 100 valence electrons. The van der Waals surface area contributed by atoms with E-state index in [4.69, 9.17) is 23.2 Å². The van der Waals surface area contributed by atoms with Crippen LogP contribution >= 0.6 is 23.2 Å². The highest BCUT2D eigenvalue weighted by Crippen LogP contribution is 2.29. The Bertz CT molecular complexity index is 622. The first-order valence-electron chi connectivity index (χ1n) is 5.70. The third-order valence-electron chi connectivity index (χ3n) is 2.67. The summed E-state index contributed by atoms with van der Waals surface area (Å²) in [5, 5.41) is 7.69. The topological polar surface area (TPSA) is 46.9 Å². The largest absolute Gasteiger partial charge is 0.324 e. The second kappa shape index (κ2) is 5.63. The quantitative estimate of drug-likeness (QED) is 0.945. The van der Waals surface area contributed by atoms with Crippen LogP contribution in [0.15, 0.2) is 24.3 Å². The predicted octanol–water partition coefficient (Wildman–Crippen LogP) is 3.22. The number of hydrogen-bond donors (Lipinski definition) is 1. The molecule has 0 saturated heterocycles. The lowest BCUT2D eigenvalue weighted by atomic mass is 10.2. The number of aromatic nitrogens is 2. The molecule has 6 heteroatoms. The minimum atomic E-state index is -0.160. The van der Waals surface area contributed by atoms with Gasteiger partial charge in [-0.2, -0.15) is 5.10 Å². The Labute approximate surface area is 121 Å². The molecule has 0 fully saturated rings. The highest BCUT2D eigenvalue weighted by molar-refractivity contribution is 6.43. The molecule has 4 nitrogen and oxygen atoms in total. The molecule has 0 bridgehead atoms. The van der Waals surface area contributed by atoms with Gasteiger partial charge in [-0.15, -0.1) is 0 Å². The number of nitrogens with one attached hydrogen (secondary N) is 1. The van der Waals surface area contributed by atoms with Crippen LogP contribution in [-0.2, 0) is 18.3 Å². The van der Waals surface area contributed by atoms with Crippen LogP contribution in [0.5, 0.6) is 0 Å². The molecule has 1 N–H and O–H groups in total. The van der Waals surface area contributed by atoms with Gasteiger partial charge in [0.2, 0.25) is 5.91 Å². The zero-order valence-corrected chi connectivity index (χ0v) is 12.1. The molecule has 19 heavy (non-hydrogen) atoms. The number of benzene rings is 1. The summed E-state index contributed by atoms with van der Waals surface area (Å²) in [5.74, 6) is -0.160. The molecular weight excluding hydrogens is 285 g/mol. The van der Waals surface area contributed by atoms with Crippen LogP contribution in [0.2, 0.25) is 10.0 Å². The molecule has 2 rings (SSSR count). The lowest BCUT2D eigenvalue weighted by Gasteiger charge is -2.08. The second-order valence-corrected chi connectivity index (χ2v) is 5.01. The van der Waals surface area contributed by atoms with Crippen molar-refractivity contribution in [1.82, 2.24) is 9.78 Å². The van der Waals surface area contributed by atoms with Gasteiger partial charge in [-0.1, -0.05) is 29.3 Å². The van der Waals surface area contributed by atoms with Gasteiger partial charge < -0.3 is 5.32 Å². The molecular formula is C13H13Cl2N3O. The number of nitrogens with zero attached hydrogens (tertiary/aromatic N) is 2. The van der Waals surface area contributed by atoms with Gasteiger partial charge in [0.25, 0.3) is 0 Å². The lowest BCUT2D eigenvalue weighted by Crippen LogP contribution is -2.16. The van der Waals surface area contributed by atoms with E-state index in [0.29, 0.717) is 15.7 Å². The first-order chi connectivity index (χ1) is 8.97. The van der Waals surface area contributed by atoms with Crippen molar-refractivity contribution >= 4 is 34.8 Å². The molecule has 0 spiro atoms. The van der Waals surface area contributed by atoms with Gasteiger partial charge in [0.15, 0.2) is 0 Å². The van der Waals surface area contributed by atoms with Gasteiger partial charge in [0.05, 0.1) is 27.8 Å². The normalized spacial score (nSPS) is 10.5. The summed E-state index contributed by atoms with van der Waals surface area (Å²) >= 11 is 11.9. The number of anilines is 1. The van der Waals surface area contributed by atoms with Crippen LogP contribution in [0, 0.1) is 6.92 Å². The number of amides is 1. The zero-order valence-electron chi connectivity index (χ0n) is 10.6. The highest BCUT2D eigenvalue weighted by Gasteiger charge is 2.11. The van der Waals surface area contributed by atoms with Crippen LogP contribution < -0.4 is 5.32 Å². The van der Waals surface area contributed by atoms with Gasteiger partial charge in [-0.3, -0.25) is 9.48 Å². The fraction of sp³-hybridized carbons (Fsp3) is 0.231. The average molecular weight is 298 g/mol. The van der Waals surface area contributed by atoms with Crippen molar-refractivity contribution in [2.75, 3.05) is 5.32 Å². The molecule has 1 aromatic carbocycles. The first-order valence-corrected chi connectivity index (χ1v) is 6.46. The Balaban J connectivity index is 2.10. The summed E-state index contributed by atoms with van der Waals surface area (Å²) in [6, 6.07) is 6.99. The minimum absolute atomic E-state index is 0.160. The Hall–Kier alpha value is -1.52. The van der Waals surface area contributed by atoms with Gasteiger partial charge in [0.1, 0.15) is 0 Å². The SMILES string of the molecule is Cc1cc(CC(=O)Nc2cccc(Cl)c2Cl)n(C)n1. The first kappa shape index (κ1) is 13.9. The molecule has 1 amide bonds. The standard InChI is InChI=1S/C13H13Cl2N3O/c1-8-6-9(18(2)17-8)7-12(19)16-11-5-3-4-10(14)13(11)15/h3-6H,7H2,1-2H3,(H,16,19). The van der Waals surface area contributed by atoms with E-state index in [1.54, 1.807) is 22.9 Å². The van der Waals surface area contributed by atoms with Gasteiger partial charge in [-0.05, 0) is 25.1 Å². The third kappa shape index (κ3) is 3.28. The van der Waals surface area contributed by atoms with Crippen molar-refractivity contribution in [1.29, 1.82) is 0 Å². The third-order valence-corrected chi connectivity index (χ3v) is 3.49. The highest BCUT2D eigenvalue weighted by atomic mass is 35.5. The summed E-state index contributed by atoms with van der Waals surface area (Å²) in [4.78, 5) is 12.0. The van der Waals surface area contributed by atoms with Crippen molar-refractivity contribution in [2.45, 2.75) is 13.3 Å². The summed E-state index contributed by atoms with van der Waals surface area (Å²) in [5.41, 5.74) is 2.23.